The van der Waals surface area contributed by atoms with Crippen molar-refractivity contribution >= 4 is 23.4 Å². The fraction of sp³-hybridized carbons (Fsp3) is 0.619. The first-order valence-corrected chi connectivity index (χ1v) is 9.81. The minimum atomic E-state index is -0.668. The Kier molecular flexibility index (Phi) is 7.11. The predicted octanol–water partition coefficient (Wildman–Crippen LogP) is 4.16. The van der Waals surface area contributed by atoms with Crippen molar-refractivity contribution in [1.82, 2.24) is 5.32 Å². The average Bonchev–Trinajstić information content (AvgIpc) is 2.59. The van der Waals surface area contributed by atoms with Crippen molar-refractivity contribution in [2.45, 2.75) is 65.5 Å². The van der Waals surface area contributed by atoms with Gasteiger partial charge in [-0.2, -0.15) is 0 Å². The second kappa shape index (κ2) is 9.11. The molecule has 1 aliphatic heterocycles. The molecule has 0 radical (unpaired) electrons. The van der Waals surface area contributed by atoms with Crippen LogP contribution in [0.25, 0.3) is 0 Å². The highest BCUT2D eigenvalue weighted by atomic mass is 16.6. The first-order valence-electron chi connectivity index (χ1n) is 9.81. The molecule has 150 valence electrons. The molecule has 0 aromatic heterocycles. The first-order chi connectivity index (χ1) is 12.7. The molecule has 27 heavy (non-hydrogen) atoms. The molecule has 0 spiro atoms. The lowest BCUT2D eigenvalue weighted by Crippen LogP contribution is -2.48. The van der Waals surface area contributed by atoms with Crippen molar-refractivity contribution in [3.05, 3.63) is 24.3 Å². The van der Waals surface area contributed by atoms with Crippen LogP contribution in [0.3, 0.4) is 0 Å². The molecule has 1 fully saturated rings. The molecule has 1 atom stereocenters. The van der Waals surface area contributed by atoms with Crippen LogP contribution in [0.15, 0.2) is 24.3 Å². The molecule has 6 nitrogen and oxygen atoms in total. The van der Waals surface area contributed by atoms with Gasteiger partial charge in [-0.25, -0.2) is 4.79 Å². The third-order valence-electron chi connectivity index (χ3n) is 4.46. The standard InChI is InChI=1S/C21H33N3O3/c1-15(2)18(23-20(26)27-21(3,4)5)19(25)22-16-10-9-11-17(14-16)24-12-7-6-8-13-24/h9-11,14-15,18H,6-8,12-13H2,1-5H3,(H,22,25)(H,23,26). The molecule has 0 aliphatic carbocycles. The van der Waals surface area contributed by atoms with E-state index in [4.69, 9.17) is 4.74 Å². The van der Waals surface area contributed by atoms with Crippen molar-refractivity contribution in [3.63, 3.8) is 0 Å². The Morgan fingerprint density at radius 2 is 1.78 bits per heavy atom. The summed E-state index contributed by atoms with van der Waals surface area (Å²) < 4.78 is 5.28. The van der Waals surface area contributed by atoms with E-state index in [9.17, 15) is 9.59 Å². The Balaban J connectivity index is 2.03. The molecule has 1 aromatic carbocycles. The highest BCUT2D eigenvalue weighted by Crippen LogP contribution is 2.23. The molecule has 1 aliphatic rings. The Labute approximate surface area is 162 Å². The number of amides is 2. The van der Waals surface area contributed by atoms with Crippen LogP contribution in [0.5, 0.6) is 0 Å². The number of hydrogen-bond acceptors (Lipinski definition) is 4. The van der Waals surface area contributed by atoms with Crippen LogP contribution in [-0.4, -0.2) is 36.7 Å². The van der Waals surface area contributed by atoms with Gasteiger partial charge < -0.3 is 20.3 Å². The highest BCUT2D eigenvalue weighted by Gasteiger charge is 2.27. The zero-order chi connectivity index (χ0) is 20.0. The van der Waals surface area contributed by atoms with Crippen LogP contribution in [0.2, 0.25) is 0 Å². The molecule has 1 heterocycles. The Morgan fingerprint density at radius 3 is 2.37 bits per heavy atom. The van der Waals surface area contributed by atoms with E-state index in [2.05, 4.69) is 21.6 Å². The third kappa shape index (κ3) is 6.77. The maximum absolute atomic E-state index is 12.7. The van der Waals surface area contributed by atoms with Crippen LogP contribution < -0.4 is 15.5 Å². The summed E-state index contributed by atoms with van der Waals surface area (Å²) >= 11 is 0. The van der Waals surface area contributed by atoms with Gasteiger partial charge in [0, 0.05) is 24.5 Å². The normalized spacial score (nSPS) is 16.0. The van der Waals surface area contributed by atoms with Gasteiger partial charge in [0.2, 0.25) is 5.91 Å². The maximum atomic E-state index is 12.7. The van der Waals surface area contributed by atoms with E-state index in [-0.39, 0.29) is 11.8 Å². The third-order valence-corrected chi connectivity index (χ3v) is 4.46. The molecular weight excluding hydrogens is 342 g/mol. The van der Waals surface area contributed by atoms with E-state index in [1.54, 1.807) is 20.8 Å². The lowest BCUT2D eigenvalue weighted by atomic mass is 10.0. The zero-order valence-electron chi connectivity index (χ0n) is 17.2. The van der Waals surface area contributed by atoms with Crippen LogP contribution in [0.4, 0.5) is 16.2 Å². The van der Waals surface area contributed by atoms with Crippen molar-refractivity contribution in [3.8, 4) is 0 Å². The second-order valence-electron chi connectivity index (χ2n) is 8.46. The predicted molar refractivity (Wildman–Crippen MR) is 109 cm³/mol. The number of alkyl carbamates (subject to hydrolysis) is 1. The summed E-state index contributed by atoms with van der Waals surface area (Å²) in [7, 11) is 0. The van der Waals surface area contributed by atoms with E-state index >= 15 is 0 Å². The minimum Gasteiger partial charge on any atom is -0.444 e. The average molecular weight is 376 g/mol. The number of benzene rings is 1. The first kappa shape index (κ1) is 21.1. The smallest absolute Gasteiger partial charge is 0.408 e. The zero-order valence-corrected chi connectivity index (χ0v) is 17.2. The summed E-state index contributed by atoms with van der Waals surface area (Å²) in [5, 5.41) is 5.62. The van der Waals surface area contributed by atoms with Crippen molar-refractivity contribution in [2.75, 3.05) is 23.3 Å². The van der Waals surface area contributed by atoms with Crippen molar-refractivity contribution in [2.24, 2.45) is 5.92 Å². The van der Waals surface area contributed by atoms with Gasteiger partial charge in [0.1, 0.15) is 11.6 Å². The summed E-state index contributed by atoms with van der Waals surface area (Å²) in [5.74, 6) is -0.311. The summed E-state index contributed by atoms with van der Waals surface area (Å²) in [5.41, 5.74) is 1.25. The van der Waals surface area contributed by atoms with E-state index < -0.39 is 17.7 Å². The van der Waals surface area contributed by atoms with E-state index in [0.717, 1.165) is 24.5 Å². The van der Waals surface area contributed by atoms with Crippen LogP contribution in [0, 0.1) is 5.92 Å². The van der Waals surface area contributed by atoms with Crippen molar-refractivity contribution in [1.29, 1.82) is 0 Å². The molecule has 2 N–H and O–H groups in total. The monoisotopic (exact) mass is 375 g/mol. The second-order valence-corrected chi connectivity index (χ2v) is 8.46. The number of piperidine rings is 1. The van der Waals surface area contributed by atoms with Gasteiger partial charge in [0.15, 0.2) is 0 Å². The molecule has 2 rings (SSSR count). The largest absolute Gasteiger partial charge is 0.444 e. The van der Waals surface area contributed by atoms with Gasteiger partial charge in [-0.05, 0) is 64.2 Å². The maximum Gasteiger partial charge on any atom is 0.408 e. The minimum absolute atomic E-state index is 0.0669. The molecule has 0 bridgehead atoms. The Morgan fingerprint density at radius 1 is 1.11 bits per heavy atom. The number of nitrogens with zero attached hydrogens (tertiary/aromatic N) is 1. The highest BCUT2D eigenvalue weighted by molar-refractivity contribution is 5.97. The summed E-state index contributed by atoms with van der Waals surface area (Å²) in [4.78, 5) is 27.2. The van der Waals surface area contributed by atoms with Crippen LogP contribution in [-0.2, 0) is 9.53 Å². The summed E-state index contributed by atoms with van der Waals surface area (Å²) in [6.45, 7) is 11.3. The number of nitrogens with one attached hydrogen (secondary N) is 2. The van der Waals surface area contributed by atoms with E-state index in [0.29, 0.717) is 0 Å². The number of anilines is 2. The van der Waals surface area contributed by atoms with Gasteiger partial charge in [0.25, 0.3) is 0 Å². The van der Waals surface area contributed by atoms with Gasteiger partial charge in [0.05, 0.1) is 0 Å². The summed E-state index contributed by atoms with van der Waals surface area (Å²) in [6, 6.07) is 7.22. The number of ether oxygens (including phenoxy) is 1. The topological polar surface area (TPSA) is 70.7 Å². The Hall–Kier alpha value is -2.24. The number of hydrogen-bond donors (Lipinski definition) is 2. The van der Waals surface area contributed by atoms with Crippen LogP contribution >= 0.6 is 0 Å². The fourth-order valence-corrected chi connectivity index (χ4v) is 3.12. The van der Waals surface area contributed by atoms with Gasteiger partial charge in [-0.15, -0.1) is 0 Å². The quantitative estimate of drug-likeness (QED) is 0.810. The molecule has 2 amide bonds. The SMILES string of the molecule is CC(C)C(NC(=O)OC(C)(C)C)C(=O)Nc1cccc(N2CCCCC2)c1. The number of carbonyl (C=O) groups is 2. The van der Waals surface area contributed by atoms with Crippen molar-refractivity contribution < 1.29 is 14.3 Å². The van der Waals surface area contributed by atoms with E-state index in [1.807, 2.05) is 32.0 Å². The Bertz CT molecular complexity index is 646. The summed E-state index contributed by atoms with van der Waals surface area (Å²) in [6.07, 6.45) is 3.09. The molecule has 1 saturated heterocycles. The molecule has 1 aromatic rings. The lowest BCUT2D eigenvalue weighted by Gasteiger charge is -2.29. The fourth-order valence-electron chi connectivity index (χ4n) is 3.12. The lowest BCUT2D eigenvalue weighted by molar-refractivity contribution is -0.119. The van der Waals surface area contributed by atoms with Gasteiger partial charge in [-0.3, -0.25) is 4.79 Å². The molecule has 1 unspecified atom stereocenters. The molecule has 0 saturated carbocycles. The number of rotatable bonds is 5. The molecular formula is C21H33N3O3. The molecule has 6 heteroatoms. The van der Waals surface area contributed by atoms with E-state index in [1.165, 1.54) is 19.3 Å². The van der Waals surface area contributed by atoms with Crippen LogP contribution in [0.1, 0.15) is 53.9 Å². The van der Waals surface area contributed by atoms with Gasteiger partial charge in [-0.1, -0.05) is 19.9 Å². The van der Waals surface area contributed by atoms with Gasteiger partial charge >= 0.3 is 6.09 Å². The number of carbonyl (C=O) groups excluding carboxylic acids is 2.